The monoisotopic (exact) mass is 377 g/mol. The number of carbonyl (C=O) groups excluding carboxylic acids is 1. The Morgan fingerprint density at radius 2 is 2.15 bits per heavy atom. The summed E-state index contributed by atoms with van der Waals surface area (Å²) in [6, 6.07) is 4.51. The maximum absolute atomic E-state index is 12.1. The molecule has 0 N–H and O–H groups in total. The summed E-state index contributed by atoms with van der Waals surface area (Å²) in [5.41, 5.74) is 0.291. The third-order valence-electron chi connectivity index (χ3n) is 2.45. The third-order valence-corrected chi connectivity index (χ3v) is 3.63. The highest BCUT2D eigenvalue weighted by atomic mass is 79.9. The summed E-state index contributed by atoms with van der Waals surface area (Å²) >= 11 is 14.7. The van der Waals surface area contributed by atoms with Gasteiger partial charge < -0.3 is 10.1 Å². The fourth-order valence-corrected chi connectivity index (χ4v) is 2.46. The largest absolute Gasteiger partial charge is 0.382 e. The maximum atomic E-state index is 12.1. The van der Waals surface area contributed by atoms with Gasteiger partial charge in [-0.3, -0.25) is 9.36 Å². The molecule has 6 nitrogen and oxygen atoms in total. The predicted octanol–water partition coefficient (Wildman–Crippen LogP) is 3.74. The van der Waals surface area contributed by atoms with Gasteiger partial charge in [-0.2, -0.15) is 0 Å². The molecule has 2 rings (SSSR count). The molecule has 0 spiro atoms. The predicted molar refractivity (Wildman–Crippen MR) is 77.4 cm³/mol. The molecule has 20 heavy (non-hydrogen) atoms. The molecule has 104 valence electrons. The number of imidazole rings is 1. The Hall–Kier alpha value is -1.44. The van der Waals surface area contributed by atoms with E-state index in [4.69, 9.17) is 23.2 Å². The molecule has 0 saturated carbocycles. The van der Waals surface area contributed by atoms with Crippen LogP contribution in [0.5, 0.6) is 0 Å². The first kappa shape index (κ1) is 15.0. The molecule has 0 aliphatic heterocycles. The second kappa shape index (κ2) is 5.90. The van der Waals surface area contributed by atoms with Gasteiger partial charge in [-0.05, 0) is 28.1 Å². The lowest BCUT2D eigenvalue weighted by Gasteiger charge is -2.04. The van der Waals surface area contributed by atoms with Crippen molar-refractivity contribution in [2.45, 2.75) is 6.54 Å². The Labute approximate surface area is 131 Å². The van der Waals surface area contributed by atoms with Gasteiger partial charge in [0, 0.05) is 26.5 Å². The topological polar surface area (TPSA) is 78.0 Å². The Balaban J connectivity index is 2.25. The highest BCUT2D eigenvalue weighted by Crippen LogP contribution is 2.23. The van der Waals surface area contributed by atoms with Crippen LogP contribution in [-0.2, 0) is 6.54 Å². The summed E-state index contributed by atoms with van der Waals surface area (Å²) in [4.78, 5) is 25.7. The molecular weight excluding hydrogens is 373 g/mol. The number of aromatic nitrogens is 2. The molecule has 0 amide bonds. The van der Waals surface area contributed by atoms with Crippen LogP contribution >= 0.6 is 39.1 Å². The third kappa shape index (κ3) is 3.17. The lowest BCUT2D eigenvalue weighted by Crippen LogP contribution is -2.10. The molecule has 0 aliphatic carbocycles. The zero-order chi connectivity index (χ0) is 14.9. The zero-order valence-electron chi connectivity index (χ0n) is 9.72. The fraction of sp³-hybridized carbons (Fsp3) is 0.0909. The van der Waals surface area contributed by atoms with E-state index < -0.39 is 4.92 Å². The lowest BCUT2D eigenvalue weighted by atomic mass is 10.1. The van der Waals surface area contributed by atoms with E-state index in [0.717, 1.165) is 0 Å². The summed E-state index contributed by atoms with van der Waals surface area (Å²) in [7, 11) is 0. The van der Waals surface area contributed by atoms with Crippen molar-refractivity contribution in [1.29, 1.82) is 0 Å². The molecule has 0 atom stereocenters. The second-order valence-electron chi connectivity index (χ2n) is 3.80. The molecular formula is C11H6BrCl2N3O3. The van der Waals surface area contributed by atoms with Gasteiger partial charge in [-0.15, -0.1) is 0 Å². The first-order chi connectivity index (χ1) is 9.38. The van der Waals surface area contributed by atoms with E-state index in [0.29, 0.717) is 10.6 Å². The van der Waals surface area contributed by atoms with E-state index in [1.807, 2.05) is 0 Å². The SMILES string of the molecule is O=C(Cn1cc([N+](=O)[O-])nc1Br)c1ccc(Cl)cc1Cl. The maximum Gasteiger partial charge on any atom is 0.382 e. The minimum absolute atomic E-state index is 0.122. The number of nitro groups is 1. The number of halogens is 3. The van der Waals surface area contributed by atoms with Crippen LogP contribution in [0.1, 0.15) is 10.4 Å². The number of rotatable bonds is 4. The Kier molecular flexibility index (Phi) is 4.42. The Morgan fingerprint density at radius 1 is 1.45 bits per heavy atom. The van der Waals surface area contributed by atoms with Gasteiger partial charge in [0.05, 0.1) is 11.6 Å². The van der Waals surface area contributed by atoms with Crippen LogP contribution < -0.4 is 0 Å². The van der Waals surface area contributed by atoms with Crippen LogP contribution in [-0.4, -0.2) is 20.3 Å². The molecule has 0 aliphatic rings. The second-order valence-corrected chi connectivity index (χ2v) is 5.35. The molecule has 0 bridgehead atoms. The van der Waals surface area contributed by atoms with Crippen molar-refractivity contribution in [3.05, 3.63) is 54.9 Å². The van der Waals surface area contributed by atoms with E-state index in [1.54, 1.807) is 6.07 Å². The Morgan fingerprint density at radius 3 is 2.70 bits per heavy atom. The molecule has 9 heteroatoms. The summed E-state index contributed by atoms with van der Waals surface area (Å²) in [6.45, 7) is -0.122. The highest BCUT2D eigenvalue weighted by Gasteiger charge is 2.19. The number of hydrogen-bond acceptors (Lipinski definition) is 4. The quantitative estimate of drug-likeness (QED) is 0.461. The molecule has 1 aromatic carbocycles. The van der Waals surface area contributed by atoms with E-state index >= 15 is 0 Å². The standard InChI is InChI=1S/C11H6BrCl2N3O3/c12-11-15-10(17(19)20)5-16(11)4-9(18)7-2-1-6(13)3-8(7)14/h1-3,5H,4H2. The number of nitrogens with zero attached hydrogens (tertiary/aromatic N) is 3. The van der Waals surface area contributed by atoms with Crippen LogP contribution in [0, 0.1) is 10.1 Å². The van der Waals surface area contributed by atoms with Crippen molar-refractivity contribution in [2.75, 3.05) is 0 Å². The molecule has 1 heterocycles. The van der Waals surface area contributed by atoms with Crippen molar-refractivity contribution < 1.29 is 9.72 Å². The summed E-state index contributed by atoms with van der Waals surface area (Å²) in [5, 5.41) is 11.3. The van der Waals surface area contributed by atoms with Crippen molar-refractivity contribution in [2.24, 2.45) is 0 Å². The number of Topliss-reactive ketones (excluding diaryl/α,β-unsaturated/α-hetero) is 1. The molecule has 0 saturated heterocycles. The summed E-state index contributed by atoms with van der Waals surface area (Å²) < 4.78 is 1.52. The Bertz CT molecular complexity index is 702. The average Bonchev–Trinajstić information content (AvgIpc) is 2.71. The molecule has 0 unspecified atom stereocenters. The average molecular weight is 379 g/mol. The molecule has 0 fully saturated rings. The van der Waals surface area contributed by atoms with Crippen molar-refractivity contribution >= 4 is 50.7 Å². The first-order valence-corrected chi connectivity index (χ1v) is 6.78. The lowest BCUT2D eigenvalue weighted by molar-refractivity contribution is -0.389. The number of ketones is 1. The van der Waals surface area contributed by atoms with Gasteiger partial charge in [-0.1, -0.05) is 23.2 Å². The molecule has 1 aromatic heterocycles. The number of carbonyl (C=O) groups is 1. The zero-order valence-corrected chi connectivity index (χ0v) is 12.8. The summed E-state index contributed by atoms with van der Waals surface area (Å²) in [6.07, 6.45) is 1.17. The van der Waals surface area contributed by atoms with E-state index in [1.165, 1.54) is 22.9 Å². The smallest absolute Gasteiger partial charge is 0.358 e. The van der Waals surface area contributed by atoms with Crippen molar-refractivity contribution in [3.8, 4) is 0 Å². The normalized spacial score (nSPS) is 10.6. The highest BCUT2D eigenvalue weighted by molar-refractivity contribution is 9.10. The molecule has 0 radical (unpaired) electrons. The van der Waals surface area contributed by atoms with Crippen LogP contribution in [0.3, 0.4) is 0 Å². The van der Waals surface area contributed by atoms with Gasteiger partial charge in [0.25, 0.3) is 4.73 Å². The van der Waals surface area contributed by atoms with Gasteiger partial charge >= 0.3 is 5.82 Å². The first-order valence-electron chi connectivity index (χ1n) is 5.24. The van der Waals surface area contributed by atoms with Crippen LogP contribution in [0.15, 0.2) is 29.1 Å². The van der Waals surface area contributed by atoms with Crippen molar-refractivity contribution in [3.63, 3.8) is 0 Å². The van der Waals surface area contributed by atoms with Crippen LogP contribution in [0.25, 0.3) is 0 Å². The van der Waals surface area contributed by atoms with Gasteiger partial charge in [-0.25, -0.2) is 0 Å². The number of benzene rings is 1. The van der Waals surface area contributed by atoms with Gasteiger partial charge in [0.15, 0.2) is 5.78 Å². The van der Waals surface area contributed by atoms with E-state index in [-0.39, 0.29) is 27.9 Å². The molecule has 2 aromatic rings. The minimum Gasteiger partial charge on any atom is -0.358 e. The summed E-state index contributed by atoms with van der Waals surface area (Å²) in [5.74, 6) is -0.647. The van der Waals surface area contributed by atoms with E-state index in [9.17, 15) is 14.9 Å². The van der Waals surface area contributed by atoms with Crippen molar-refractivity contribution in [1.82, 2.24) is 9.55 Å². The van der Waals surface area contributed by atoms with Crippen LogP contribution in [0.4, 0.5) is 5.82 Å². The number of hydrogen-bond donors (Lipinski definition) is 0. The fourth-order valence-electron chi connectivity index (χ4n) is 1.53. The minimum atomic E-state index is -0.638. The van der Waals surface area contributed by atoms with Gasteiger partial charge in [0.1, 0.15) is 6.20 Å². The van der Waals surface area contributed by atoms with Gasteiger partial charge in [0.2, 0.25) is 0 Å². The van der Waals surface area contributed by atoms with E-state index in [2.05, 4.69) is 20.9 Å². The van der Waals surface area contributed by atoms with Crippen LogP contribution in [0.2, 0.25) is 10.0 Å².